The molecule has 0 aromatic carbocycles. The van der Waals surface area contributed by atoms with E-state index in [9.17, 15) is 19.5 Å². The second-order valence-corrected chi connectivity index (χ2v) is 16.5. The van der Waals surface area contributed by atoms with Gasteiger partial charge in [0.05, 0.1) is 19.8 Å². The Morgan fingerprint density at radius 3 is 1.27 bits per heavy atom. The van der Waals surface area contributed by atoms with Gasteiger partial charge in [-0.3, -0.25) is 14.4 Å². The highest BCUT2D eigenvalue weighted by molar-refractivity contribution is 5.94. The SMILES string of the molecule is CCCCCCCCC(CCCCCCCC)OC(=O)CCCCCCCN(CCO)CCCCCCC(C(=O)OCCCCCC)C(=O)OCCCCCC. The van der Waals surface area contributed by atoms with E-state index >= 15 is 0 Å². The molecule has 0 rings (SSSR count). The Balaban J connectivity index is 4.41. The summed E-state index contributed by atoms with van der Waals surface area (Å²) in [5.74, 6) is -1.70. The first-order chi connectivity index (χ1) is 27.4. The summed E-state index contributed by atoms with van der Waals surface area (Å²) in [6, 6.07) is 0. The smallest absolute Gasteiger partial charge is 0.320 e. The number of hydrogen-bond donors (Lipinski definition) is 1. The van der Waals surface area contributed by atoms with E-state index in [0.29, 0.717) is 32.6 Å². The Kier molecular flexibility index (Phi) is 41.6. The molecule has 8 heteroatoms. The zero-order valence-electron chi connectivity index (χ0n) is 37.6. The molecule has 0 amide bonds. The maximum Gasteiger partial charge on any atom is 0.320 e. The fraction of sp³-hybridized carbons (Fsp3) is 0.938. The van der Waals surface area contributed by atoms with Gasteiger partial charge in [0.25, 0.3) is 0 Å². The Morgan fingerprint density at radius 1 is 0.446 bits per heavy atom. The van der Waals surface area contributed by atoms with Crippen molar-refractivity contribution in [1.82, 2.24) is 4.90 Å². The van der Waals surface area contributed by atoms with Gasteiger partial charge >= 0.3 is 17.9 Å². The molecule has 0 aromatic heterocycles. The molecule has 8 nitrogen and oxygen atoms in total. The Labute approximate surface area is 346 Å². The molecule has 0 heterocycles. The van der Waals surface area contributed by atoms with Crippen molar-refractivity contribution >= 4 is 17.9 Å². The third kappa shape index (κ3) is 35.5. The molecule has 1 N–H and O–H groups in total. The lowest BCUT2D eigenvalue weighted by molar-refractivity contribution is -0.162. The molecule has 0 aromatic rings. The molecule has 0 atom stereocenters. The lowest BCUT2D eigenvalue weighted by Gasteiger charge is -2.21. The summed E-state index contributed by atoms with van der Waals surface area (Å²) < 4.78 is 17.0. The predicted octanol–water partition coefficient (Wildman–Crippen LogP) is 12.8. The van der Waals surface area contributed by atoms with Crippen molar-refractivity contribution < 1.29 is 33.7 Å². The first kappa shape index (κ1) is 54.3. The number of carbonyl (C=O) groups is 3. The van der Waals surface area contributed by atoms with Crippen LogP contribution in [0.2, 0.25) is 0 Å². The van der Waals surface area contributed by atoms with Crippen LogP contribution in [-0.4, -0.2) is 73.5 Å². The van der Waals surface area contributed by atoms with Crippen molar-refractivity contribution in [2.45, 2.75) is 246 Å². The molecule has 0 unspecified atom stereocenters. The minimum Gasteiger partial charge on any atom is -0.465 e. The Hall–Kier alpha value is -1.67. The average Bonchev–Trinajstić information content (AvgIpc) is 3.19. The summed E-state index contributed by atoms with van der Waals surface area (Å²) in [6.07, 6.45) is 35.6. The zero-order chi connectivity index (χ0) is 41.2. The third-order valence-electron chi connectivity index (χ3n) is 11.1. The number of aliphatic hydroxyl groups excluding tert-OH is 1. The van der Waals surface area contributed by atoms with Crippen LogP contribution in [-0.2, 0) is 28.6 Å². The van der Waals surface area contributed by atoms with Gasteiger partial charge in [-0.05, 0) is 77.3 Å². The third-order valence-corrected chi connectivity index (χ3v) is 11.1. The van der Waals surface area contributed by atoms with Crippen LogP contribution < -0.4 is 0 Å². The summed E-state index contributed by atoms with van der Waals surface area (Å²) in [5.41, 5.74) is 0. The lowest BCUT2D eigenvalue weighted by atomic mass is 10.0. The first-order valence-electron chi connectivity index (χ1n) is 24.3. The topological polar surface area (TPSA) is 102 Å². The number of nitrogens with zero attached hydrogens (tertiary/aromatic N) is 1. The van der Waals surface area contributed by atoms with Gasteiger partial charge in [0.15, 0.2) is 5.92 Å². The highest BCUT2D eigenvalue weighted by Crippen LogP contribution is 2.19. The van der Waals surface area contributed by atoms with E-state index in [1.807, 2.05) is 0 Å². The quantitative estimate of drug-likeness (QED) is 0.0281. The predicted molar refractivity (Wildman–Crippen MR) is 234 cm³/mol. The van der Waals surface area contributed by atoms with E-state index in [1.54, 1.807) is 0 Å². The van der Waals surface area contributed by atoms with Gasteiger partial charge in [-0.1, -0.05) is 169 Å². The molecule has 0 aliphatic heterocycles. The molecular formula is C48H93NO7. The van der Waals surface area contributed by atoms with Crippen molar-refractivity contribution in [3.05, 3.63) is 0 Å². The number of rotatable bonds is 44. The normalized spacial score (nSPS) is 11.6. The van der Waals surface area contributed by atoms with E-state index in [1.165, 1.54) is 77.0 Å². The van der Waals surface area contributed by atoms with Gasteiger partial charge < -0.3 is 24.2 Å². The molecular weight excluding hydrogens is 703 g/mol. The minimum atomic E-state index is -0.828. The number of aliphatic hydroxyl groups is 1. The van der Waals surface area contributed by atoms with Crippen LogP contribution in [0.4, 0.5) is 0 Å². The van der Waals surface area contributed by atoms with Crippen molar-refractivity contribution in [3.63, 3.8) is 0 Å². The van der Waals surface area contributed by atoms with Crippen LogP contribution in [0, 0.1) is 5.92 Å². The van der Waals surface area contributed by atoms with E-state index < -0.39 is 17.9 Å². The fourth-order valence-corrected chi connectivity index (χ4v) is 7.40. The molecule has 0 saturated carbocycles. The molecule has 0 aliphatic carbocycles. The van der Waals surface area contributed by atoms with Crippen molar-refractivity contribution in [1.29, 1.82) is 0 Å². The zero-order valence-corrected chi connectivity index (χ0v) is 37.6. The molecule has 0 fully saturated rings. The van der Waals surface area contributed by atoms with E-state index in [4.69, 9.17) is 14.2 Å². The van der Waals surface area contributed by atoms with E-state index in [2.05, 4.69) is 32.6 Å². The van der Waals surface area contributed by atoms with Gasteiger partial charge in [0.1, 0.15) is 6.10 Å². The van der Waals surface area contributed by atoms with Gasteiger partial charge in [-0.15, -0.1) is 0 Å². The number of esters is 3. The largest absolute Gasteiger partial charge is 0.465 e. The second-order valence-electron chi connectivity index (χ2n) is 16.5. The van der Waals surface area contributed by atoms with Gasteiger partial charge in [-0.2, -0.15) is 0 Å². The maximum atomic E-state index is 12.8. The van der Waals surface area contributed by atoms with Gasteiger partial charge in [0, 0.05) is 13.0 Å². The molecule has 0 aliphatic rings. The summed E-state index contributed by atoms with van der Waals surface area (Å²) in [5, 5.41) is 9.65. The molecule has 0 bridgehead atoms. The van der Waals surface area contributed by atoms with E-state index in [0.717, 1.165) is 135 Å². The first-order valence-corrected chi connectivity index (χ1v) is 24.3. The summed E-state index contributed by atoms with van der Waals surface area (Å²) in [7, 11) is 0. The van der Waals surface area contributed by atoms with Crippen LogP contribution in [0.5, 0.6) is 0 Å². The number of carbonyl (C=O) groups excluding carboxylic acids is 3. The van der Waals surface area contributed by atoms with Crippen LogP contribution in [0.1, 0.15) is 240 Å². The van der Waals surface area contributed by atoms with Crippen molar-refractivity contribution in [2.75, 3.05) is 39.5 Å². The molecule has 0 radical (unpaired) electrons. The second kappa shape index (κ2) is 42.9. The molecule has 56 heavy (non-hydrogen) atoms. The number of ether oxygens (including phenoxy) is 3. The summed E-state index contributed by atoms with van der Waals surface area (Å²) >= 11 is 0. The minimum absolute atomic E-state index is 0.00733. The van der Waals surface area contributed by atoms with Gasteiger partial charge in [0.2, 0.25) is 0 Å². The number of unbranched alkanes of at least 4 members (excludes halogenated alkanes) is 23. The van der Waals surface area contributed by atoms with E-state index in [-0.39, 0.29) is 18.7 Å². The van der Waals surface area contributed by atoms with Crippen molar-refractivity contribution in [2.24, 2.45) is 5.92 Å². The van der Waals surface area contributed by atoms with Gasteiger partial charge in [-0.25, -0.2) is 0 Å². The lowest BCUT2D eigenvalue weighted by Crippen LogP contribution is -2.29. The summed E-state index contributed by atoms with van der Waals surface area (Å²) in [6.45, 7) is 12.3. The van der Waals surface area contributed by atoms with Crippen molar-refractivity contribution in [3.8, 4) is 0 Å². The Morgan fingerprint density at radius 2 is 0.821 bits per heavy atom. The van der Waals surface area contributed by atoms with Crippen LogP contribution >= 0.6 is 0 Å². The molecule has 332 valence electrons. The average molecular weight is 796 g/mol. The standard InChI is InChI=1S/C48H93NO7/c1-5-9-13-17-20-26-34-44(35-27-21-18-14-10-6-2)56-46(51)37-29-22-19-24-30-38-49(40-41-50)39-31-25-23-28-36-45(47(52)54-42-32-15-11-7-3)48(53)55-43-33-16-12-8-4/h44-45,50H,5-43H2,1-4H3. The monoisotopic (exact) mass is 796 g/mol. The Bertz CT molecular complexity index is 826. The van der Waals surface area contributed by atoms with Crippen LogP contribution in [0.3, 0.4) is 0 Å². The highest BCUT2D eigenvalue weighted by atomic mass is 16.6. The highest BCUT2D eigenvalue weighted by Gasteiger charge is 2.29. The maximum absolute atomic E-state index is 12.8. The number of hydrogen-bond acceptors (Lipinski definition) is 8. The fourth-order valence-electron chi connectivity index (χ4n) is 7.40. The summed E-state index contributed by atoms with van der Waals surface area (Å²) in [4.78, 5) is 40.8. The molecule has 0 spiro atoms. The van der Waals surface area contributed by atoms with Crippen LogP contribution in [0.25, 0.3) is 0 Å². The molecule has 0 saturated heterocycles. The van der Waals surface area contributed by atoms with Crippen LogP contribution in [0.15, 0.2) is 0 Å².